The van der Waals surface area contributed by atoms with Gasteiger partial charge < -0.3 is 29.2 Å². The van der Waals surface area contributed by atoms with Crippen molar-refractivity contribution in [2.45, 2.75) is 37.1 Å². The molecule has 0 saturated carbocycles. The molecule has 4 heterocycles. The van der Waals surface area contributed by atoms with Crippen LogP contribution in [0.1, 0.15) is 34.1 Å². The quantitative estimate of drug-likeness (QED) is 0.108. The van der Waals surface area contributed by atoms with Crippen LogP contribution in [0.15, 0.2) is 133 Å². The first kappa shape index (κ1) is 38.9. The highest BCUT2D eigenvalue weighted by Crippen LogP contribution is 2.43. The lowest BCUT2D eigenvalue weighted by Gasteiger charge is -2.44. The fourth-order valence-corrected chi connectivity index (χ4v) is 9.27. The Balaban J connectivity index is 0.792. The number of rotatable bonds is 13. The molecular weight excluding hydrogens is 767 g/mol. The molecule has 4 unspecified atom stereocenters. The Morgan fingerprint density at radius 3 is 1.70 bits per heavy atom. The van der Waals surface area contributed by atoms with E-state index in [2.05, 4.69) is 73.7 Å². The van der Waals surface area contributed by atoms with E-state index in [4.69, 9.17) is 18.9 Å². The van der Waals surface area contributed by atoms with Crippen molar-refractivity contribution in [1.82, 2.24) is 25.2 Å². The lowest BCUT2D eigenvalue weighted by molar-refractivity contribution is 0.0488. The number of nitrogens with one attached hydrogen (secondary N) is 1. The zero-order valence-corrected chi connectivity index (χ0v) is 33.9. The van der Waals surface area contributed by atoms with Gasteiger partial charge in [0.1, 0.15) is 61.2 Å². The molecule has 0 amide bonds. The van der Waals surface area contributed by atoms with E-state index in [1.807, 2.05) is 84.9 Å². The number of hydrogen-bond acceptors (Lipinski definition) is 10. The molecule has 0 bridgehead atoms. The predicted octanol–water partition coefficient (Wildman–Crippen LogP) is 7.44. The highest BCUT2D eigenvalue weighted by molar-refractivity contribution is 5.81. The molecule has 0 spiro atoms. The van der Waals surface area contributed by atoms with Gasteiger partial charge in [-0.3, -0.25) is 9.80 Å². The Kier molecular flexibility index (Phi) is 11.1. The molecule has 4 atom stereocenters. The standard InChI is InChI=1S/C50H49N5O6/c56-39(31-60-41-11-5-9-33(21-41)35-15-17-47-48(23-35)52-53-51-47)27-54-25-37-7-1-3-13-43(37)45(29-54)46-30-55(26-38-8-2-4-14-44(38)46)28-40(57)32-61-42-12-6-10-34(22-42)36-16-18-49-50(24-36)59-20-19-58-49/h1-18,21-24,39-40,45-46,56-57H,19-20,25-32H2,(H,51,52,53). The molecule has 0 fully saturated rings. The van der Waals surface area contributed by atoms with Crippen molar-refractivity contribution in [1.29, 1.82) is 0 Å². The summed E-state index contributed by atoms with van der Waals surface area (Å²) in [6.45, 7) is 5.53. The lowest BCUT2D eigenvalue weighted by atomic mass is 9.74. The molecule has 11 nitrogen and oxygen atoms in total. The topological polar surface area (TPSA) is 125 Å². The van der Waals surface area contributed by atoms with Gasteiger partial charge in [0.2, 0.25) is 0 Å². The Bertz CT molecular complexity index is 2630. The first-order valence-corrected chi connectivity index (χ1v) is 21.1. The lowest BCUT2D eigenvalue weighted by Crippen LogP contribution is -2.46. The summed E-state index contributed by atoms with van der Waals surface area (Å²) in [5, 5.41) is 33.9. The van der Waals surface area contributed by atoms with Crippen LogP contribution in [0.4, 0.5) is 0 Å². The van der Waals surface area contributed by atoms with Crippen LogP contribution in [-0.4, -0.2) is 100 Å². The number of benzene rings is 6. The second-order valence-corrected chi connectivity index (χ2v) is 16.4. The zero-order valence-electron chi connectivity index (χ0n) is 33.9. The van der Waals surface area contributed by atoms with Gasteiger partial charge in [0.05, 0.1) is 0 Å². The summed E-state index contributed by atoms with van der Waals surface area (Å²) in [7, 11) is 0. The highest BCUT2D eigenvalue weighted by Gasteiger charge is 2.37. The van der Waals surface area contributed by atoms with Gasteiger partial charge in [-0.1, -0.05) is 84.9 Å². The molecule has 0 saturated heterocycles. The largest absolute Gasteiger partial charge is 0.491 e. The van der Waals surface area contributed by atoms with Crippen molar-refractivity contribution in [3.8, 4) is 45.3 Å². The molecular formula is C50H49N5O6. The van der Waals surface area contributed by atoms with Crippen LogP contribution in [0.5, 0.6) is 23.0 Å². The third-order valence-corrected chi connectivity index (χ3v) is 12.1. The van der Waals surface area contributed by atoms with Crippen LogP contribution in [0, 0.1) is 0 Å². The van der Waals surface area contributed by atoms with E-state index in [1.54, 1.807) is 0 Å². The number of ether oxygens (including phenoxy) is 4. The number of fused-ring (bicyclic) bond motifs is 4. The Labute approximate surface area is 355 Å². The number of H-pyrrole nitrogens is 1. The van der Waals surface area contributed by atoms with Crippen LogP contribution in [0.2, 0.25) is 0 Å². The molecule has 0 aliphatic carbocycles. The minimum absolute atomic E-state index is 0.177. The van der Waals surface area contributed by atoms with E-state index in [0.29, 0.717) is 37.8 Å². The molecule has 0 radical (unpaired) electrons. The third kappa shape index (κ3) is 8.69. The molecule has 3 aliphatic heterocycles. The summed E-state index contributed by atoms with van der Waals surface area (Å²) in [5.74, 6) is 3.30. The van der Waals surface area contributed by atoms with Crippen molar-refractivity contribution in [2.75, 3.05) is 52.6 Å². The van der Waals surface area contributed by atoms with Gasteiger partial charge in [-0.25, -0.2) is 0 Å². The molecule has 61 heavy (non-hydrogen) atoms. The maximum absolute atomic E-state index is 11.4. The molecule has 7 aromatic rings. The van der Waals surface area contributed by atoms with E-state index in [9.17, 15) is 10.2 Å². The van der Waals surface area contributed by atoms with E-state index in [1.165, 1.54) is 22.3 Å². The van der Waals surface area contributed by atoms with Crippen LogP contribution < -0.4 is 18.9 Å². The summed E-state index contributed by atoms with van der Waals surface area (Å²) in [5.41, 5.74) is 10.9. The van der Waals surface area contributed by atoms with Crippen LogP contribution >= 0.6 is 0 Å². The number of hydrogen-bond donors (Lipinski definition) is 3. The van der Waals surface area contributed by atoms with E-state index >= 15 is 0 Å². The van der Waals surface area contributed by atoms with Crippen molar-refractivity contribution in [3.05, 3.63) is 156 Å². The SMILES string of the molecule is OC(COc1cccc(-c2ccc3c(c2)OCCO3)c1)CN1Cc2ccccc2C(C2CN(CC(O)COc3cccc(-c4ccc5n[nH]nc5c4)c3)Cc3ccccc32)C1. The highest BCUT2D eigenvalue weighted by atomic mass is 16.6. The van der Waals surface area contributed by atoms with Gasteiger partial charge in [0.15, 0.2) is 11.5 Å². The summed E-state index contributed by atoms with van der Waals surface area (Å²) in [6.07, 6.45) is -1.37. The Morgan fingerprint density at radius 1 is 0.557 bits per heavy atom. The van der Waals surface area contributed by atoms with Crippen molar-refractivity contribution >= 4 is 11.0 Å². The minimum Gasteiger partial charge on any atom is -0.491 e. The maximum Gasteiger partial charge on any atom is 0.161 e. The second kappa shape index (κ2) is 17.4. The Morgan fingerprint density at radius 2 is 1.08 bits per heavy atom. The van der Waals surface area contributed by atoms with Gasteiger partial charge in [0.25, 0.3) is 0 Å². The number of aliphatic hydroxyl groups is 2. The van der Waals surface area contributed by atoms with E-state index in [-0.39, 0.29) is 25.0 Å². The van der Waals surface area contributed by atoms with Crippen molar-refractivity contribution < 1.29 is 29.2 Å². The fraction of sp³-hybridized carbons (Fsp3) is 0.280. The van der Waals surface area contributed by atoms with Crippen LogP contribution in [-0.2, 0) is 13.1 Å². The number of nitrogens with zero attached hydrogens (tertiary/aromatic N) is 4. The summed E-state index contributed by atoms with van der Waals surface area (Å²) >= 11 is 0. The van der Waals surface area contributed by atoms with Gasteiger partial charge in [0, 0.05) is 51.1 Å². The van der Waals surface area contributed by atoms with Crippen molar-refractivity contribution in [3.63, 3.8) is 0 Å². The average molecular weight is 816 g/mol. The second-order valence-electron chi connectivity index (χ2n) is 16.4. The van der Waals surface area contributed by atoms with Gasteiger partial charge in [-0.15, -0.1) is 0 Å². The van der Waals surface area contributed by atoms with Gasteiger partial charge in [-0.2, -0.15) is 15.4 Å². The van der Waals surface area contributed by atoms with Crippen molar-refractivity contribution in [2.24, 2.45) is 0 Å². The maximum atomic E-state index is 11.4. The molecule has 1 aromatic heterocycles. The number of aromatic amines is 1. The molecule has 310 valence electrons. The Hall–Kier alpha value is -6.24. The third-order valence-electron chi connectivity index (χ3n) is 12.1. The first-order chi connectivity index (χ1) is 30.0. The molecule has 11 heteroatoms. The van der Waals surface area contributed by atoms with E-state index in [0.717, 1.165) is 71.0 Å². The predicted molar refractivity (Wildman–Crippen MR) is 234 cm³/mol. The van der Waals surface area contributed by atoms with Crippen LogP contribution in [0.3, 0.4) is 0 Å². The minimum atomic E-state index is -0.688. The zero-order chi connectivity index (χ0) is 41.1. The van der Waals surface area contributed by atoms with E-state index < -0.39 is 12.2 Å². The number of β-amino-alcohol motifs (C(OH)–C–C–N with tert-alkyl or cyclic N) is 2. The molecule has 6 aromatic carbocycles. The fourth-order valence-electron chi connectivity index (χ4n) is 9.27. The van der Waals surface area contributed by atoms with Gasteiger partial charge in [-0.05, 0) is 93.0 Å². The van der Waals surface area contributed by atoms with Crippen LogP contribution in [0.25, 0.3) is 33.3 Å². The number of aliphatic hydroxyl groups excluding tert-OH is 2. The monoisotopic (exact) mass is 815 g/mol. The van der Waals surface area contributed by atoms with Gasteiger partial charge >= 0.3 is 0 Å². The first-order valence-electron chi connectivity index (χ1n) is 21.1. The molecule has 10 rings (SSSR count). The molecule has 3 aliphatic rings. The average Bonchev–Trinajstić information content (AvgIpc) is 3.78. The summed E-state index contributed by atoms with van der Waals surface area (Å²) in [6, 6.07) is 45.3. The molecule has 3 N–H and O–H groups in total. The summed E-state index contributed by atoms with van der Waals surface area (Å²) in [4.78, 5) is 4.74. The summed E-state index contributed by atoms with van der Waals surface area (Å²) < 4.78 is 23.9. The normalized spacial score (nSPS) is 18.5. The number of aromatic nitrogens is 3. The smallest absolute Gasteiger partial charge is 0.161 e.